The maximum atomic E-state index is 15.2. The van der Waals surface area contributed by atoms with Crippen LogP contribution in [-0.2, 0) is 6.42 Å². The van der Waals surface area contributed by atoms with E-state index in [2.05, 4.69) is 20.9 Å². The first kappa shape index (κ1) is 21.9. The Balaban J connectivity index is 1.53. The summed E-state index contributed by atoms with van der Waals surface area (Å²) >= 11 is 11.8. The van der Waals surface area contributed by atoms with E-state index in [1.807, 2.05) is 4.90 Å². The molecule has 0 saturated heterocycles. The quantitative estimate of drug-likeness (QED) is 0.484. The molecule has 0 unspecified atom stereocenters. The van der Waals surface area contributed by atoms with E-state index in [-0.39, 0.29) is 17.3 Å². The monoisotopic (exact) mass is 473 g/mol. The molecule has 0 fully saturated rings. The van der Waals surface area contributed by atoms with Gasteiger partial charge >= 0.3 is 6.03 Å². The minimum absolute atomic E-state index is 0.0592. The molecule has 0 bridgehead atoms. The molecule has 10 heteroatoms. The third-order valence-corrected chi connectivity index (χ3v) is 5.77. The third kappa shape index (κ3) is 4.32. The van der Waals surface area contributed by atoms with Gasteiger partial charge in [0.05, 0.1) is 15.7 Å². The molecule has 2 heterocycles. The second kappa shape index (κ2) is 9.02. The van der Waals surface area contributed by atoms with Gasteiger partial charge in [0.25, 0.3) is 5.91 Å². The number of carbonyl (C=O) groups is 2. The van der Waals surface area contributed by atoms with Crippen molar-refractivity contribution >= 4 is 57.9 Å². The summed E-state index contributed by atoms with van der Waals surface area (Å²) in [6.45, 7) is 0.530. The summed E-state index contributed by atoms with van der Waals surface area (Å²) in [6, 6.07) is 10.7. The highest BCUT2D eigenvalue weighted by atomic mass is 35.5. The molecule has 7 nitrogen and oxygen atoms in total. The molecule has 2 aromatic carbocycles. The number of nitrogens with one attached hydrogen (secondary N) is 3. The fourth-order valence-electron chi connectivity index (χ4n) is 3.51. The van der Waals surface area contributed by atoms with Gasteiger partial charge in [0.1, 0.15) is 5.69 Å². The molecule has 0 atom stereocenters. The lowest BCUT2D eigenvalue weighted by molar-refractivity contribution is 0.0958. The van der Waals surface area contributed by atoms with E-state index in [1.165, 1.54) is 25.4 Å². The van der Waals surface area contributed by atoms with Crippen LogP contribution in [0.15, 0.2) is 48.7 Å². The lowest BCUT2D eigenvalue weighted by Crippen LogP contribution is -2.21. The molecule has 0 aliphatic carbocycles. The maximum Gasteiger partial charge on any atom is 0.323 e. The Morgan fingerprint density at radius 2 is 1.88 bits per heavy atom. The molecule has 1 aromatic heterocycles. The van der Waals surface area contributed by atoms with Gasteiger partial charge in [-0.2, -0.15) is 0 Å². The smallest absolute Gasteiger partial charge is 0.323 e. The highest BCUT2D eigenvalue weighted by molar-refractivity contribution is 6.42. The maximum absolute atomic E-state index is 15.2. The second-order valence-electron chi connectivity index (χ2n) is 7.01. The van der Waals surface area contributed by atoms with E-state index in [1.54, 1.807) is 30.3 Å². The summed E-state index contributed by atoms with van der Waals surface area (Å²) in [7, 11) is 1.53. The van der Waals surface area contributed by atoms with Crippen molar-refractivity contribution < 1.29 is 14.0 Å². The van der Waals surface area contributed by atoms with Crippen molar-refractivity contribution in [2.45, 2.75) is 6.42 Å². The summed E-state index contributed by atoms with van der Waals surface area (Å²) in [5.41, 5.74) is 2.65. The third-order valence-electron chi connectivity index (χ3n) is 5.04. The van der Waals surface area contributed by atoms with Gasteiger partial charge in [-0.3, -0.25) is 9.78 Å². The number of fused-ring (bicyclic) bond motifs is 1. The summed E-state index contributed by atoms with van der Waals surface area (Å²) in [4.78, 5) is 30.2. The van der Waals surface area contributed by atoms with E-state index < -0.39 is 11.8 Å². The van der Waals surface area contributed by atoms with Crippen LogP contribution in [0.2, 0.25) is 10.0 Å². The van der Waals surface area contributed by atoms with Gasteiger partial charge in [0.15, 0.2) is 5.82 Å². The van der Waals surface area contributed by atoms with Crippen molar-refractivity contribution in [3.63, 3.8) is 0 Å². The van der Waals surface area contributed by atoms with Crippen LogP contribution in [0.25, 0.3) is 0 Å². The molecule has 3 N–H and O–H groups in total. The lowest BCUT2D eigenvalue weighted by Gasteiger charge is -2.20. The number of urea groups is 1. The van der Waals surface area contributed by atoms with Crippen molar-refractivity contribution in [1.82, 2.24) is 10.3 Å². The molecular weight excluding hydrogens is 456 g/mol. The number of amides is 3. The van der Waals surface area contributed by atoms with Crippen LogP contribution in [0.4, 0.5) is 31.9 Å². The standard InChI is InChI=1S/C22H18Cl2FN5O2/c1-26-21(31)18-11-13(6-8-27-18)30-9-7-14-19(30)5-4-17(20(14)25)29-22(32)28-12-2-3-15(23)16(24)10-12/h2-6,8,10-11H,7,9H2,1H3,(H,26,31)(H2,28,29,32). The van der Waals surface area contributed by atoms with E-state index in [0.717, 1.165) is 5.69 Å². The van der Waals surface area contributed by atoms with Crippen molar-refractivity contribution in [3.8, 4) is 0 Å². The number of pyridine rings is 1. The van der Waals surface area contributed by atoms with E-state index in [0.29, 0.717) is 39.9 Å². The van der Waals surface area contributed by atoms with Crippen LogP contribution in [0.1, 0.15) is 16.1 Å². The van der Waals surface area contributed by atoms with Crippen LogP contribution >= 0.6 is 23.2 Å². The van der Waals surface area contributed by atoms with Gasteiger partial charge in [-0.05, 0) is 48.9 Å². The number of carbonyl (C=O) groups excluding carboxylic acids is 2. The minimum atomic E-state index is -0.610. The molecule has 4 rings (SSSR count). The van der Waals surface area contributed by atoms with Gasteiger partial charge < -0.3 is 20.9 Å². The minimum Gasteiger partial charge on any atom is -0.354 e. The van der Waals surface area contributed by atoms with E-state index in [4.69, 9.17) is 23.2 Å². The highest BCUT2D eigenvalue weighted by Gasteiger charge is 2.26. The SMILES string of the molecule is CNC(=O)c1cc(N2CCc3c2ccc(NC(=O)Nc2ccc(Cl)c(Cl)c2)c3F)ccn1. The number of aromatic nitrogens is 1. The number of rotatable bonds is 4. The summed E-state index contributed by atoms with van der Waals surface area (Å²) in [6.07, 6.45) is 1.99. The number of anilines is 4. The second-order valence-corrected chi connectivity index (χ2v) is 7.83. The Morgan fingerprint density at radius 3 is 2.62 bits per heavy atom. The average Bonchev–Trinajstić information content (AvgIpc) is 3.22. The van der Waals surface area contributed by atoms with Crippen molar-refractivity contribution in [2.75, 3.05) is 29.1 Å². The zero-order valence-corrected chi connectivity index (χ0v) is 18.4. The van der Waals surface area contributed by atoms with Gasteiger partial charge in [-0.15, -0.1) is 0 Å². The number of benzene rings is 2. The van der Waals surface area contributed by atoms with Gasteiger partial charge in [-0.1, -0.05) is 23.2 Å². The fraction of sp³-hybridized carbons (Fsp3) is 0.136. The first-order chi connectivity index (χ1) is 15.4. The van der Waals surface area contributed by atoms with Gasteiger partial charge in [0.2, 0.25) is 0 Å². The van der Waals surface area contributed by atoms with E-state index >= 15 is 4.39 Å². The molecular formula is C22H18Cl2FN5O2. The highest BCUT2D eigenvalue weighted by Crippen LogP contribution is 2.38. The first-order valence-corrected chi connectivity index (χ1v) is 10.4. The Kier molecular flexibility index (Phi) is 6.16. The molecule has 0 spiro atoms. The lowest BCUT2D eigenvalue weighted by atomic mass is 10.1. The molecule has 1 aliphatic heterocycles. The van der Waals surface area contributed by atoms with Gasteiger partial charge in [0, 0.05) is 42.4 Å². The topological polar surface area (TPSA) is 86.4 Å². The van der Waals surface area contributed by atoms with Crippen LogP contribution in [0.5, 0.6) is 0 Å². The van der Waals surface area contributed by atoms with Crippen molar-refractivity contribution in [3.05, 3.63) is 75.8 Å². The normalized spacial score (nSPS) is 12.3. The molecule has 3 aromatic rings. The van der Waals surface area contributed by atoms with Crippen LogP contribution < -0.4 is 20.9 Å². The largest absolute Gasteiger partial charge is 0.354 e. The molecule has 32 heavy (non-hydrogen) atoms. The Morgan fingerprint density at radius 1 is 1.06 bits per heavy atom. The summed E-state index contributed by atoms with van der Waals surface area (Å²) < 4.78 is 15.2. The van der Waals surface area contributed by atoms with E-state index in [9.17, 15) is 9.59 Å². The number of hydrogen-bond donors (Lipinski definition) is 3. The molecule has 164 valence electrons. The Bertz CT molecular complexity index is 1220. The van der Waals surface area contributed by atoms with Crippen LogP contribution in [0.3, 0.4) is 0 Å². The average molecular weight is 474 g/mol. The molecule has 0 radical (unpaired) electrons. The Hall–Kier alpha value is -3.36. The zero-order chi connectivity index (χ0) is 22.8. The number of halogens is 3. The zero-order valence-electron chi connectivity index (χ0n) is 16.9. The summed E-state index contributed by atoms with van der Waals surface area (Å²) in [5.74, 6) is -0.806. The Labute approximate surface area is 193 Å². The molecule has 3 amide bonds. The predicted molar refractivity (Wildman–Crippen MR) is 124 cm³/mol. The predicted octanol–water partition coefficient (Wildman–Crippen LogP) is 5.23. The van der Waals surface area contributed by atoms with Crippen LogP contribution in [0, 0.1) is 5.82 Å². The van der Waals surface area contributed by atoms with Crippen molar-refractivity contribution in [2.24, 2.45) is 0 Å². The number of hydrogen-bond acceptors (Lipinski definition) is 4. The van der Waals surface area contributed by atoms with Crippen LogP contribution in [-0.4, -0.2) is 30.5 Å². The van der Waals surface area contributed by atoms with Crippen molar-refractivity contribution in [1.29, 1.82) is 0 Å². The first-order valence-electron chi connectivity index (χ1n) is 9.67. The summed E-state index contributed by atoms with van der Waals surface area (Å²) in [5, 5.41) is 8.32. The molecule has 0 saturated carbocycles. The van der Waals surface area contributed by atoms with Gasteiger partial charge in [-0.25, -0.2) is 9.18 Å². The fourth-order valence-corrected chi connectivity index (χ4v) is 3.81. The number of nitrogens with zero attached hydrogens (tertiary/aromatic N) is 2. The molecule has 1 aliphatic rings.